The predicted octanol–water partition coefficient (Wildman–Crippen LogP) is 1.34. The average Bonchev–Trinajstić information content (AvgIpc) is 2.50. The van der Waals surface area contributed by atoms with Crippen molar-refractivity contribution in [3.05, 3.63) is 18.0 Å². The molecule has 1 saturated heterocycles. The quantitative estimate of drug-likeness (QED) is 0.766. The lowest BCUT2D eigenvalue weighted by atomic mass is 10.1. The lowest BCUT2D eigenvalue weighted by Gasteiger charge is -2.15. The number of hydrogen-bond acceptors (Lipinski definition) is 4. The second kappa shape index (κ2) is 5.07. The third-order valence-corrected chi connectivity index (χ3v) is 2.69. The van der Waals surface area contributed by atoms with E-state index in [1.54, 1.807) is 0 Å². The molecule has 0 spiro atoms. The molecule has 1 unspecified atom stereocenters. The van der Waals surface area contributed by atoms with Gasteiger partial charge in [-0.1, -0.05) is 0 Å². The van der Waals surface area contributed by atoms with Gasteiger partial charge in [0.25, 0.3) is 0 Å². The Bertz CT molecular complexity index is 288. The number of nitrogens with one attached hydrogen (secondary N) is 2. The summed E-state index contributed by atoms with van der Waals surface area (Å²) in [6.07, 6.45) is 7.28. The van der Waals surface area contributed by atoms with Crippen LogP contribution < -0.4 is 10.6 Å². The van der Waals surface area contributed by atoms with Crippen LogP contribution in [0.4, 0.5) is 5.95 Å². The molecule has 1 aliphatic heterocycles. The number of aryl methyl sites for hydroxylation is 1. The van der Waals surface area contributed by atoms with Crippen molar-refractivity contribution >= 4 is 5.95 Å². The highest BCUT2D eigenvalue weighted by molar-refractivity contribution is 5.26. The van der Waals surface area contributed by atoms with E-state index in [9.17, 15) is 0 Å². The minimum absolute atomic E-state index is 0.516. The van der Waals surface area contributed by atoms with Crippen molar-refractivity contribution < 1.29 is 0 Å². The summed E-state index contributed by atoms with van der Waals surface area (Å²) in [5.74, 6) is 0.757. The highest BCUT2D eigenvalue weighted by Crippen LogP contribution is 2.10. The van der Waals surface area contributed by atoms with Crippen molar-refractivity contribution in [1.29, 1.82) is 0 Å². The van der Waals surface area contributed by atoms with E-state index >= 15 is 0 Å². The summed E-state index contributed by atoms with van der Waals surface area (Å²) in [5, 5.41) is 6.78. The Kier molecular flexibility index (Phi) is 3.50. The van der Waals surface area contributed by atoms with Crippen molar-refractivity contribution in [3.8, 4) is 0 Å². The van der Waals surface area contributed by atoms with Gasteiger partial charge in [0.05, 0.1) is 0 Å². The zero-order valence-corrected chi connectivity index (χ0v) is 9.16. The van der Waals surface area contributed by atoms with E-state index in [4.69, 9.17) is 0 Å². The Hall–Kier alpha value is -1.16. The smallest absolute Gasteiger partial charge is 0.222 e. The maximum atomic E-state index is 4.26. The number of anilines is 1. The molecular formula is C11H18N4. The maximum Gasteiger partial charge on any atom is 0.222 e. The van der Waals surface area contributed by atoms with Gasteiger partial charge in [0, 0.05) is 18.4 Å². The normalized spacial score (nSPS) is 22.1. The molecule has 0 radical (unpaired) electrons. The van der Waals surface area contributed by atoms with Gasteiger partial charge < -0.3 is 10.6 Å². The molecule has 4 heteroatoms. The number of rotatable bonds is 2. The van der Waals surface area contributed by atoms with Gasteiger partial charge in [-0.2, -0.15) is 0 Å². The van der Waals surface area contributed by atoms with Crippen LogP contribution in [0.3, 0.4) is 0 Å². The number of hydrogen-bond donors (Lipinski definition) is 2. The third kappa shape index (κ3) is 3.16. The Morgan fingerprint density at radius 2 is 2.07 bits per heavy atom. The van der Waals surface area contributed by atoms with Crippen LogP contribution in [-0.4, -0.2) is 29.1 Å². The monoisotopic (exact) mass is 206 g/mol. The Balaban J connectivity index is 1.92. The standard InChI is InChI=1S/C11H18N4/c1-9-7-13-11(14-8-9)15-10-3-2-5-12-6-4-10/h7-8,10,12H,2-6H2,1H3,(H,13,14,15). The van der Waals surface area contributed by atoms with E-state index in [0.717, 1.165) is 31.0 Å². The van der Waals surface area contributed by atoms with E-state index in [0.29, 0.717) is 6.04 Å². The molecule has 15 heavy (non-hydrogen) atoms. The van der Waals surface area contributed by atoms with Crippen LogP contribution in [-0.2, 0) is 0 Å². The lowest BCUT2D eigenvalue weighted by Crippen LogP contribution is -2.22. The largest absolute Gasteiger partial charge is 0.351 e. The third-order valence-electron chi connectivity index (χ3n) is 2.69. The molecule has 1 atom stereocenters. The molecule has 1 aliphatic rings. The summed E-state index contributed by atoms with van der Waals surface area (Å²) in [7, 11) is 0. The fraction of sp³-hybridized carbons (Fsp3) is 0.636. The average molecular weight is 206 g/mol. The first-order valence-corrected chi connectivity index (χ1v) is 5.60. The summed E-state index contributed by atoms with van der Waals surface area (Å²) in [5.41, 5.74) is 1.10. The molecule has 4 nitrogen and oxygen atoms in total. The molecule has 82 valence electrons. The molecule has 0 amide bonds. The molecule has 0 aromatic carbocycles. The van der Waals surface area contributed by atoms with Gasteiger partial charge in [-0.3, -0.25) is 0 Å². The number of nitrogens with zero attached hydrogens (tertiary/aromatic N) is 2. The molecule has 2 N–H and O–H groups in total. The van der Waals surface area contributed by atoms with E-state index in [2.05, 4.69) is 20.6 Å². The van der Waals surface area contributed by atoms with Gasteiger partial charge >= 0.3 is 0 Å². The fourth-order valence-corrected chi connectivity index (χ4v) is 1.81. The highest BCUT2D eigenvalue weighted by Gasteiger charge is 2.12. The van der Waals surface area contributed by atoms with Gasteiger partial charge in [-0.15, -0.1) is 0 Å². The molecule has 0 saturated carbocycles. The zero-order valence-electron chi connectivity index (χ0n) is 9.16. The SMILES string of the molecule is Cc1cnc(NC2CCCNCC2)nc1. The van der Waals surface area contributed by atoms with Crippen LogP contribution in [0.1, 0.15) is 24.8 Å². The van der Waals surface area contributed by atoms with Crippen LogP contribution >= 0.6 is 0 Å². The molecule has 1 fully saturated rings. The molecule has 2 rings (SSSR count). The Labute approximate surface area is 90.5 Å². The van der Waals surface area contributed by atoms with Crippen LogP contribution in [0.25, 0.3) is 0 Å². The van der Waals surface area contributed by atoms with Gasteiger partial charge in [0.1, 0.15) is 0 Å². The van der Waals surface area contributed by atoms with Gasteiger partial charge in [-0.25, -0.2) is 9.97 Å². The Morgan fingerprint density at radius 1 is 1.27 bits per heavy atom. The maximum absolute atomic E-state index is 4.26. The minimum Gasteiger partial charge on any atom is -0.351 e. The van der Waals surface area contributed by atoms with Crippen molar-refractivity contribution in [2.45, 2.75) is 32.2 Å². The van der Waals surface area contributed by atoms with Crippen molar-refractivity contribution in [3.63, 3.8) is 0 Å². The second-order valence-corrected chi connectivity index (χ2v) is 4.11. The molecule has 1 aromatic rings. The first-order chi connectivity index (χ1) is 7.34. The fourth-order valence-electron chi connectivity index (χ4n) is 1.81. The van der Waals surface area contributed by atoms with Gasteiger partial charge in [0.15, 0.2) is 0 Å². The topological polar surface area (TPSA) is 49.8 Å². The van der Waals surface area contributed by atoms with Gasteiger partial charge in [-0.05, 0) is 44.8 Å². The van der Waals surface area contributed by atoms with Gasteiger partial charge in [0.2, 0.25) is 5.95 Å². The number of aromatic nitrogens is 2. The molecule has 1 aromatic heterocycles. The van der Waals surface area contributed by atoms with E-state index < -0.39 is 0 Å². The van der Waals surface area contributed by atoms with Crippen LogP contribution in [0.2, 0.25) is 0 Å². The van der Waals surface area contributed by atoms with E-state index in [1.807, 2.05) is 19.3 Å². The van der Waals surface area contributed by atoms with Crippen LogP contribution in [0, 0.1) is 6.92 Å². The van der Waals surface area contributed by atoms with Crippen molar-refractivity contribution in [2.24, 2.45) is 0 Å². The molecule has 0 bridgehead atoms. The lowest BCUT2D eigenvalue weighted by molar-refractivity contribution is 0.631. The first-order valence-electron chi connectivity index (χ1n) is 5.60. The van der Waals surface area contributed by atoms with Crippen molar-refractivity contribution in [1.82, 2.24) is 15.3 Å². The molecule has 2 heterocycles. The van der Waals surface area contributed by atoms with E-state index in [-0.39, 0.29) is 0 Å². The van der Waals surface area contributed by atoms with Crippen LogP contribution in [0.5, 0.6) is 0 Å². The summed E-state index contributed by atoms with van der Waals surface area (Å²) < 4.78 is 0. The Morgan fingerprint density at radius 3 is 2.87 bits per heavy atom. The molecular weight excluding hydrogens is 188 g/mol. The predicted molar refractivity (Wildman–Crippen MR) is 60.9 cm³/mol. The summed E-state index contributed by atoms with van der Waals surface area (Å²) in [6, 6.07) is 0.516. The molecule has 0 aliphatic carbocycles. The second-order valence-electron chi connectivity index (χ2n) is 4.11. The van der Waals surface area contributed by atoms with Crippen LogP contribution in [0.15, 0.2) is 12.4 Å². The summed E-state index contributed by atoms with van der Waals surface area (Å²) in [4.78, 5) is 8.52. The summed E-state index contributed by atoms with van der Waals surface area (Å²) in [6.45, 7) is 4.22. The highest BCUT2D eigenvalue weighted by atomic mass is 15.1. The first kappa shape index (κ1) is 10.4. The zero-order chi connectivity index (χ0) is 10.5. The van der Waals surface area contributed by atoms with Crippen molar-refractivity contribution in [2.75, 3.05) is 18.4 Å². The summed E-state index contributed by atoms with van der Waals surface area (Å²) >= 11 is 0. The van der Waals surface area contributed by atoms with E-state index in [1.165, 1.54) is 12.8 Å². The minimum atomic E-state index is 0.516.